The van der Waals surface area contributed by atoms with E-state index in [0.717, 1.165) is 6.42 Å². The first kappa shape index (κ1) is 15.1. The summed E-state index contributed by atoms with van der Waals surface area (Å²) in [4.78, 5) is 0. The molecule has 1 aliphatic rings. The third-order valence-electron chi connectivity index (χ3n) is 3.53. The molecular formula is C14H22N2O3S. The van der Waals surface area contributed by atoms with Gasteiger partial charge in [0.1, 0.15) is 0 Å². The van der Waals surface area contributed by atoms with Crippen molar-refractivity contribution in [3.05, 3.63) is 24.3 Å². The highest BCUT2D eigenvalue weighted by molar-refractivity contribution is 7.93. The number of benzene rings is 1. The molecule has 2 N–H and O–H groups in total. The van der Waals surface area contributed by atoms with Gasteiger partial charge in [0.15, 0.2) is 0 Å². The minimum Gasteiger partial charge on any atom is -0.397 e. The van der Waals surface area contributed by atoms with Crippen molar-refractivity contribution in [1.82, 2.24) is 0 Å². The summed E-state index contributed by atoms with van der Waals surface area (Å²) in [6.07, 6.45) is 1.85. The van der Waals surface area contributed by atoms with E-state index in [2.05, 4.69) is 0 Å². The summed E-state index contributed by atoms with van der Waals surface area (Å²) < 4.78 is 32.4. The maximum atomic E-state index is 12.8. The molecule has 1 aliphatic heterocycles. The Bertz CT molecular complexity index is 539. The number of rotatable bonds is 5. The molecule has 1 aromatic carbocycles. The minimum atomic E-state index is -3.39. The molecule has 5 nitrogen and oxygen atoms in total. The van der Waals surface area contributed by atoms with Crippen LogP contribution >= 0.6 is 0 Å². The van der Waals surface area contributed by atoms with E-state index in [1.165, 1.54) is 4.31 Å². The number of anilines is 2. The molecule has 0 amide bonds. The van der Waals surface area contributed by atoms with Gasteiger partial charge in [0, 0.05) is 19.8 Å². The molecule has 2 rings (SSSR count). The Balaban J connectivity index is 2.34. The Hall–Kier alpha value is -1.27. The van der Waals surface area contributed by atoms with Crippen LogP contribution in [-0.4, -0.2) is 33.4 Å². The van der Waals surface area contributed by atoms with E-state index < -0.39 is 10.0 Å². The number of hydrogen-bond acceptors (Lipinski definition) is 4. The molecule has 0 saturated carbocycles. The van der Waals surface area contributed by atoms with Crippen LogP contribution in [0.5, 0.6) is 0 Å². The van der Waals surface area contributed by atoms with Gasteiger partial charge in [0.05, 0.1) is 16.6 Å². The minimum absolute atomic E-state index is 0.373. The van der Waals surface area contributed by atoms with E-state index in [0.29, 0.717) is 44.0 Å². The predicted octanol–water partition coefficient (Wildman–Crippen LogP) is 1.99. The summed E-state index contributed by atoms with van der Waals surface area (Å²) in [6.45, 7) is 3.43. The van der Waals surface area contributed by atoms with E-state index in [1.807, 2.05) is 19.1 Å². The summed E-state index contributed by atoms with van der Waals surface area (Å²) in [5.74, 6) is 0. The maximum absolute atomic E-state index is 12.8. The standard InChI is InChI=1S/C14H22N2O3S/c1-2-9-16(14-6-4-3-5-13(14)15)20(17,18)12-7-10-19-11-8-12/h3-6,12H,2,7-11,15H2,1H3. The van der Waals surface area contributed by atoms with Crippen molar-refractivity contribution in [2.45, 2.75) is 31.4 Å². The zero-order valence-corrected chi connectivity index (χ0v) is 12.6. The largest absolute Gasteiger partial charge is 0.397 e. The van der Waals surface area contributed by atoms with Gasteiger partial charge in [-0.15, -0.1) is 0 Å². The first-order valence-electron chi connectivity index (χ1n) is 7.01. The topological polar surface area (TPSA) is 72.6 Å². The Labute approximate surface area is 120 Å². The molecular weight excluding hydrogens is 276 g/mol. The lowest BCUT2D eigenvalue weighted by atomic mass is 10.2. The second-order valence-electron chi connectivity index (χ2n) is 4.99. The Morgan fingerprint density at radius 1 is 1.30 bits per heavy atom. The second kappa shape index (κ2) is 6.45. The van der Waals surface area contributed by atoms with Crippen LogP contribution in [0.1, 0.15) is 26.2 Å². The van der Waals surface area contributed by atoms with Crippen molar-refractivity contribution in [2.75, 3.05) is 29.8 Å². The van der Waals surface area contributed by atoms with Crippen molar-refractivity contribution < 1.29 is 13.2 Å². The second-order valence-corrected chi connectivity index (χ2v) is 7.13. The smallest absolute Gasteiger partial charge is 0.238 e. The van der Waals surface area contributed by atoms with E-state index in [4.69, 9.17) is 10.5 Å². The average molecular weight is 298 g/mol. The SMILES string of the molecule is CCCN(c1ccccc1N)S(=O)(=O)C1CCOCC1. The van der Waals surface area contributed by atoms with Crippen molar-refractivity contribution in [3.63, 3.8) is 0 Å². The number of ether oxygens (including phenoxy) is 1. The first-order valence-corrected chi connectivity index (χ1v) is 8.51. The molecule has 0 unspecified atom stereocenters. The third-order valence-corrected chi connectivity index (χ3v) is 5.84. The van der Waals surface area contributed by atoms with Crippen LogP contribution in [0.2, 0.25) is 0 Å². The maximum Gasteiger partial charge on any atom is 0.238 e. The fourth-order valence-electron chi connectivity index (χ4n) is 2.46. The highest BCUT2D eigenvalue weighted by Crippen LogP contribution is 2.29. The molecule has 1 aromatic rings. The monoisotopic (exact) mass is 298 g/mol. The van der Waals surface area contributed by atoms with Gasteiger partial charge in [0.25, 0.3) is 0 Å². The zero-order chi connectivity index (χ0) is 14.6. The highest BCUT2D eigenvalue weighted by atomic mass is 32.2. The van der Waals surface area contributed by atoms with Gasteiger partial charge >= 0.3 is 0 Å². The molecule has 0 radical (unpaired) electrons. The number of nitrogen functional groups attached to an aromatic ring is 1. The molecule has 1 heterocycles. The van der Waals surface area contributed by atoms with Crippen LogP contribution in [0.25, 0.3) is 0 Å². The van der Waals surface area contributed by atoms with E-state index in [-0.39, 0.29) is 5.25 Å². The predicted molar refractivity (Wildman–Crippen MR) is 81.3 cm³/mol. The molecule has 1 fully saturated rings. The van der Waals surface area contributed by atoms with Crippen LogP contribution in [0.3, 0.4) is 0 Å². The van der Waals surface area contributed by atoms with Gasteiger partial charge < -0.3 is 10.5 Å². The lowest BCUT2D eigenvalue weighted by Crippen LogP contribution is -2.42. The number of sulfonamides is 1. The van der Waals surface area contributed by atoms with Crippen LogP contribution in [0, 0.1) is 0 Å². The highest BCUT2D eigenvalue weighted by Gasteiger charge is 2.33. The first-order chi connectivity index (χ1) is 9.57. The number of hydrogen-bond donors (Lipinski definition) is 1. The van der Waals surface area contributed by atoms with Crippen LogP contribution < -0.4 is 10.0 Å². The summed E-state index contributed by atoms with van der Waals surface area (Å²) in [7, 11) is -3.39. The van der Waals surface area contributed by atoms with Gasteiger partial charge in [-0.05, 0) is 31.4 Å². The molecule has 0 aromatic heterocycles. The quantitative estimate of drug-likeness (QED) is 0.844. The van der Waals surface area contributed by atoms with Crippen molar-refractivity contribution in [3.8, 4) is 0 Å². The molecule has 0 bridgehead atoms. The van der Waals surface area contributed by atoms with Gasteiger partial charge in [-0.2, -0.15) is 0 Å². The Morgan fingerprint density at radius 3 is 2.55 bits per heavy atom. The number of nitrogens with zero attached hydrogens (tertiary/aromatic N) is 1. The molecule has 0 aliphatic carbocycles. The molecule has 1 saturated heterocycles. The molecule has 0 spiro atoms. The van der Waals surface area contributed by atoms with Gasteiger partial charge in [0.2, 0.25) is 10.0 Å². The van der Waals surface area contributed by atoms with E-state index in [9.17, 15) is 8.42 Å². The van der Waals surface area contributed by atoms with E-state index in [1.54, 1.807) is 12.1 Å². The normalized spacial score (nSPS) is 17.1. The van der Waals surface area contributed by atoms with Crippen molar-refractivity contribution in [1.29, 1.82) is 0 Å². The number of nitrogens with two attached hydrogens (primary N) is 1. The van der Waals surface area contributed by atoms with Gasteiger partial charge in [-0.25, -0.2) is 8.42 Å². The van der Waals surface area contributed by atoms with E-state index >= 15 is 0 Å². The fraction of sp³-hybridized carbons (Fsp3) is 0.571. The lowest BCUT2D eigenvalue weighted by molar-refractivity contribution is 0.0983. The van der Waals surface area contributed by atoms with Crippen molar-refractivity contribution in [2.24, 2.45) is 0 Å². The fourth-order valence-corrected chi connectivity index (χ4v) is 4.48. The molecule has 20 heavy (non-hydrogen) atoms. The summed E-state index contributed by atoms with van der Waals surface area (Å²) in [5.41, 5.74) is 7.03. The van der Waals surface area contributed by atoms with Crippen LogP contribution in [-0.2, 0) is 14.8 Å². The zero-order valence-electron chi connectivity index (χ0n) is 11.8. The lowest BCUT2D eigenvalue weighted by Gasteiger charge is -2.31. The summed E-state index contributed by atoms with van der Waals surface area (Å²) >= 11 is 0. The van der Waals surface area contributed by atoms with Crippen molar-refractivity contribution >= 4 is 21.4 Å². The van der Waals surface area contributed by atoms with Crippen LogP contribution in [0.4, 0.5) is 11.4 Å². The molecule has 6 heteroatoms. The summed E-state index contributed by atoms with van der Waals surface area (Å²) in [6, 6.07) is 7.12. The van der Waals surface area contributed by atoms with Crippen LogP contribution in [0.15, 0.2) is 24.3 Å². The Morgan fingerprint density at radius 2 is 1.95 bits per heavy atom. The molecule has 0 atom stereocenters. The Kier molecular flexibility index (Phi) is 4.88. The summed E-state index contributed by atoms with van der Waals surface area (Å²) in [5, 5.41) is -0.373. The number of para-hydroxylation sites is 2. The molecule has 112 valence electrons. The third kappa shape index (κ3) is 3.07. The average Bonchev–Trinajstić information content (AvgIpc) is 2.46. The van der Waals surface area contributed by atoms with Gasteiger partial charge in [-0.3, -0.25) is 4.31 Å². The van der Waals surface area contributed by atoms with Gasteiger partial charge in [-0.1, -0.05) is 19.1 Å².